The highest BCUT2D eigenvalue weighted by Crippen LogP contribution is 2.38. The molecule has 3 aromatic rings. The third-order valence-electron chi connectivity index (χ3n) is 7.85. The van der Waals surface area contributed by atoms with Gasteiger partial charge in [0.1, 0.15) is 4.83 Å². The molecule has 2 N–H and O–H groups in total. The number of aliphatic hydroxyl groups is 1. The van der Waals surface area contributed by atoms with Gasteiger partial charge in [0.05, 0.1) is 10.9 Å². The summed E-state index contributed by atoms with van der Waals surface area (Å²) < 4.78 is 0. The SMILES string of the molecule is CC(C)(C)[C@H]1CCc2nc3sc(C(=O)NC(CCN4CC(CO)C4)c4ccccc4)cc3cc2C1. The van der Waals surface area contributed by atoms with E-state index in [4.69, 9.17) is 4.98 Å². The molecule has 6 heteroatoms. The molecule has 186 valence electrons. The van der Waals surface area contributed by atoms with Gasteiger partial charge in [-0.25, -0.2) is 4.98 Å². The van der Waals surface area contributed by atoms with Crippen molar-refractivity contribution < 1.29 is 9.90 Å². The molecule has 0 radical (unpaired) electrons. The van der Waals surface area contributed by atoms with E-state index in [0.29, 0.717) is 17.3 Å². The van der Waals surface area contributed by atoms with E-state index in [2.05, 4.69) is 49.2 Å². The minimum Gasteiger partial charge on any atom is -0.396 e. The van der Waals surface area contributed by atoms with Gasteiger partial charge in [-0.2, -0.15) is 0 Å². The third-order valence-corrected chi connectivity index (χ3v) is 8.90. The normalized spacial score (nSPS) is 19.8. The number of hydrogen-bond donors (Lipinski definition) is 2. The van der Waals surface area contributed by atoms with Gasteiger partial charge >= 0.3 is 0 Å². The molecule has 0 spiro atoms. The summed E-state index contributed by atoms with van der Waals surface area (Å²) in [7, 11) is 0. The molecular weight excluding hydrogens is 454 g/mol. The number of aliphatic hydroxyl groups excluding tert-OH is 1. The number of pyridine rings is 1. The van der Waals surface area contributed by atoms with E-state index < -0.39 is 0 Å². The van der Waals surface area contributed by atoms with Gasteiger partial charge in [-0.1, -0.05) is 51.1 Å². The summed E-state index contributed by atoms with van der Waals surface area (Å²) in [6.45, 7) is 10.0. The maximum Gasteiger partial charge on any atom is 0.261 e. The predicted octanol–water partition coefficient (Wildman–Crippen LogP) is 5.23. The molecule has 1 saturated heterocycles. The van der Waals surface area contributed by atoms with E-state index in [9.17, 15) is 9.90 Å². The van der Waals surface area contributed by atoms with Crippen LogP contribution in [-0.2, 0) is 12.8 Å². The number of nitrogens with one attached hydrogen (secondary N) is 1. The molecule has 3 heterocycles. The van der Waals surface area contributed by atoms with Gasteiger partial charge in [0.25, 0.3) is 5.91 Å². The fraction of sp³-hybridized carbons (Fsp3) is 0.517. The topological polar surface area (TPSA) is 65.5 Å². The maximum atomic E-state index is 13.4. The highest BCUT2D eigenvalue weighted by molar-refractivity contribution is 7.20. The molecule has 2 aromatic heterocycles. The van der Waals surface area contributed by atoms with Crippen molar-refractivity contribution in [2.45, 2.75) is 52.5 Å². The van der Waals surface area contributed by atoms with Crippen molar-refractivity contribution in [2.75, 3.05) is 26.2 Å². The number of nitrogens with zero attached hydrogens (tertiary/aromatic N) is 2. The maximum absolute atomic E-state index is 13.4. The number of carbonyl (C=O) groups is 1. The van der Waals surface area contributed by atoms with Crippen LogP contribution in [0.4, 0.5) is 0 Å². The molecule has 1 aliphatic heterocycles. The van der Waals surface area contributed by atoms with Crippen LogP contribution >= 0.6 is 11.3 Å². The van der Waals surface area contributed by atoms with E-state index >= 15 is 0 Å². The first-order valence-electron chi connectivity index (χ1n) is 12.9. The Labute approximate surface area is 212 Å². The number of aryl methyl sites for hydroxylation is 1. The summed E-state index contributed by atoms with van der Waals surface area (Å²) in [5, 5.41) is 13.7. The zero-order valence-electron chi connectivity index (χ0n) is 21.1. The quantitative estimate of drug-likeness (QED) is 0.475. The Morgan fingerprint density at radius 2 is 2.00 bits per heavy atom. The predicted molar refractivity (Wildman–Crippen MR) is 143 cm³/mol. The molecule has 1 amide bonds. The van der Waals surface area contributed by atoms with Gasteiger partial charge in [0.2, 0.25) is 0 Å². The molecular formula is C29H37N3O2S. The average Bonchev–Trinajstić information content (AvgIpc) is 3.23. The fourth-order valence-electron chi connectivity index (χ4n) is 5.50. The van der Waals surface area contributed by atoms with Crippen molar-refractivity contribution in [1.29, 1.82) is 0 Å². The smallest absolute Gasteiger partial charge is 0.261 e. The van der Waals surface area contributed by atoms with Crippen molar-refractivity contribution in [3.05, 3.63) is 64.2 Å². The summed E-state index contributed by atoms with van der Waals surface area (Å²) in [6.07, 6.45) is 4.13. The van der Waals surface area contributed by atoms with Crippen molar-refractivity contribution in [3.8, 4) is 0 Å². The van der Waals surface area contributed by atoms with Crippen LogP contribution in [0.1, 0.15) is 66.1 Å². The first-order chi connectivity index (χ1) is 16.8. The van der Waals surface area contributed by atoms with Crippen LogP contribution in [0, 0.1) is 17.3 Å². The highest BCUT2D eigenvalue weighted by atomic mass is 32.1. The first kappa shape index (κ1) is 24.4. The number of amides is 1. The Kier molecular flexibility index (Phi) is 6.97. The molecule has 2 atom stereocenters. The molecule has 0 bridgehead atoms. The van der Waals surface area contributed by atoms with E-state index in [1.54, 1.807) is 0 Å². The van der Waals surface area contributed by atoms with Crippen LogP contribution in [-0.4, -0.2) is 47.1 Å². The number of rotatable bonds is 7. The molecule has 2 aliphatic rings. The molecule has 1 unspecified atom stereocenters. The fourth-order valence-corrected chi connectivity index (χ4v) is 6.44. The highest BCUT2D eigenvalue weighted by Gasteiger charge is 2.30. The van der Waals surface area contributed by atoms with Gasteiger partial charge in [-0.15, -0.1) is 11.3 Å². The van der Waals surface area contributed by atoms with E-state index in [-0.39, 0.29) is 18.6 Å². The number of benzene rings is 1. The lowest BCUT2D eigenvalue weighted by Crippen LogP contribution is -2.49. The van der Waals surface area contributed by atoms with Crippen LogP contribution in [0.15, 0.2) is 42.5 Å². The molecule has 1 aliphatic carbocycles. The Morgan fingerprint density at radius 3 is 2.71 bits per heavy atom. The van der Waals surface area contributed by atoms with Gasteiger partial charge in [-0.3, -0.25) is 4.79 Å². The number of fused-ring (bicyclic) bond motifs is 2. The van der Waals surface area contributed by atoms with E-state index in [0.717, 1.165) is 59.6 Å². The van der Waals surface area contributed by atoms with Crippen LogP contribution in [0.3, 0.4) is 0 Å². The monoisotopic (exact) mass is 491 g/mol. The lowest BCUT2D eigenvalue weighted by molar-refractivity contribution is 0.0506. The third kappa shape index (κ3) is 5.45. The van der Waals surface area contributed by atoms with Crippen LogP contribution in [0.5, 0.6) is 0 Å². The van der Waals surface area contributed by atoms with Gasteiger partial charge in [0, 0.05) is 43.2 Å². The zero-order chi connectivity index (χ0) is 24.6. The molecule has 5 nitrogen and oxygen atoms in total. The summed E-state index contributed by atoms with van der Waals surface area (Å²) in [5.41, 5.74) is 3.99. The van der Waals surface area contributed by atoms with Crippen molar-refractivity contribution in [1.82, 2.24) is 15.2 Å². The average molecular weight is 492 g/mol. The number of aromatic nitrogens is 1. The Morgan fingerprint density at radius 1 is 1.23 bits per heavy atom. The van der Waals surface area contributed by atoms with Crippen molar-refractivity contribution in [3.63, 3.8) is 0 Å². The van der Waals surface area contributed by atoms with Gasteiger partial charge in [-0.05, 0) is 60.3 Å². The molecule has 0 saturated carbocycles. The summed E-state index contributed by atoms with van der Waals surface area (Å²) >= 11 is 1.50. The number of likely N-dealkylation sites (tertiary alicyclic amines) is 1. The first-order valence-corrected chi connectivity index (χ1v) is 13.7. The summed E-state index contributed by atoms with van der Waals surface area (Å²) in [5.74, 6) is 1.04. The lowest BCUT2D eigenvalue weighted by atomic mass is 9.71. The Bertz CT molecular complexity index is 1180. The zero-order valence-corrected chi connectivity index (χ0v) is 21.9. The largest absolute Gasteiger partial charge is 0.396 e. The standard InChI is InChI=1S/C29H37N3O2S/c1-29(2,3)23-9-10-24-21(14-23)13-22-15-26(35-28(22)31-24)27(34)30-25(20-7-5-4-6-8-20)11-12-32-16-19(17-32)18-33/h4-8,13,15,19,23,25,33H,9-12,14,16-18H2,1-3H3,(H,30,34)/t23-,25?/m0/s1. The van der Waals surface area contributed by atoms with Crippen LogP contribution in [0.2, 0.25) is 0 Å². The Balaban J connectivity index is 1.31. The number of thiophene rings is 1. The second-order valence-electron chi connectivity index (χ2n) is 11.4. The van der Waals surface area contributed by atoms with Crippen LogP contribution in [0.25, 0.3) is 10.2 Å². The van der Waals surface area contributed by atoms with E-state index in [1.165, 1.54) is 29.0 Å². The lowest BCUT2D eigenvalue weighted by Gasteiger charge is -2.39. The molecule has 1 fully saturated rings. The van der Waals surface area contributed by atoms with Gasteiger partial charge in [0.15, 0.2) is 0 Å². The van der Waals surface area contributed by atoms with Crippen molar-refractivity contribution >= 4 is 27.5 Å². The van der Waals surface area contributed by atoms with Crippen molar-refractivity contribution in [2.24, 2.45) is 17.3 Å². The summed E-state index contributed by atoms with van der Waals surface area (Å²) in [6, 6.07) is 14.5. The second kappa shape index (κ2) is 10.00. The molecule has 5 rings (SSSR count). The number of carbonyl (C=O) groups excluding carboxylic acids is 1. The minimum atomic E-state index is -0.0456. The minimum absolute atomic E-state index is 0.0239. The van der Waals surface area contributed by atoms with Crippen LogP contribution < -0.4 is 5.32 Å². The Hall–Kier alpha value is -2.28. The second-order valence-corrected chi connectivity index (χ2v) is 12.5. The molecule has 1 aromatic carbocycles. The number of hydrogen-bond acceptors (Lipinski definition) is 5. The van der Waals surface area contributed by atoms with Gasteiger partial charge < -0.3 is 15.3 Å². The van der Waals surface area contributed by atoms with E-state index in [1.807, 2.05) is 24.3 Å². The summed E-state index contributed by atoms with van der Waals surface area (Å²) in [4.78, 5) is 22.4. The molecule has 35 heavy (non-hydrogen) atoms.